The van der Waals surface area contributed by atoms with Crippen molar-refractivity contribution in [3.8, 4) is 10.6 Å². The minimum absolute atomic E-state index is 0.110. The van der Waals surface area contributed by atoms with E-state index >= 15 is 0 Å². The van der Waals surface area contributed by atoms with Crippen LogP contribution in [-0.4, -0.2) is 58.8 Å². The van der Waals surface area contributed by atoms with Crippen LogP contribution in [0.5, 0.6) is 0 Å². The van der Waals surface area contributed by atoms with E-state index in [1.165, 1.54) is 11.3 Å². The molecular weight excluding hydrogens is 514 g/mol. The molecule has 4 rings (SSSR count). The van der Waals surface area contributed by atoms with Gasteiger partial charge in [-0.3, -0.25) is 9.59 Å². The molecule has 1 unspecified atom stereocenters. The van der Waals surface area contributed by atoms with Crippen LogP contribution in [0.1, 0.15) is 33.4 Å². The minimum atomic E-state index is -0.665. The Morgan fingerprint density at radius 2 is 1.91 bits per heavy atom. The number of aliphatic hydroxyl groups is 1. The first-order valence-corrected chi connectivity index (χ1v) is 12.6. The summed E-state index contributed by atoms with van der Waals surface area (Å²) < 4.78 is 0.837. The summed E-state index contributed by atoms with van der Waals surface area (Å²) in [5.41, 5.74) is 2.38. The van der Waals surface area contributed by atoms with Gasteiger partial charge in [0.1, 0.15) is 5.01 Å². The fourth-order valence-corrected chi connectivity index (χ4v) is 5.57. The second-order valence-corrected chi connectivity index (χ2v) is 10.4. The Bertz CT molecular complexity index is 1250. The van der Waals surface area contributed by atoms with Crippen LogP contribution in [0.3, 0.4) is 0 Å². The molecule has 0 bridgehead atoms. The number of amides is 1. The highest BCUT2D eigenvalue weighted by Gasteiger charge is 2.44. The number of aromatic nitrogens is 1. The average molecular weight is 540 g/mol. The average Bonchev–Trinajstić information content (AvgIpc) is 3.32. The number of hydrogen-bond donors (Lipinski definition) is 1. The van der Waals surface area contributed by atoms with E-state index in [1.54, 1.807) is 11.8 Å². The molecule has 6 nitrogen and oxygen atoms in total. The van der Waals surface area contributed by atoms with Crippen LogP contribution in [0.4, 0.5) is 0 Å². The highest BCUT2D eigenvalue weighted by Crippen LogP contribution is 2.41. The Hall–Kier alpha value is -2.81. The van der Waals surface area contributed by atoms with E-state index in [0.717, 1.165) is 33.6 Å². The van der Waals surface area contributed by atoms with Crippen LogP contribution >= 0.6 is 27.3 Å². The van der Waals surface area contributed by atoms with Crippen LogP contribution in [0, 0.1) is 6.92 Å². The second-order valence-electron chi connectivity index (χ2n) is 8.50. The van der Waals surface area contributed by atoms with E-state index in [0.29, 0.717) is 17.1 Å². The van der Waals surface area contributed by atoms with Gasteiger partial charge in [-0.05, 0) is 51.7 Å². The number of Topliss-reactive ketones (excluding diaryl/α,β-unsaturated/α-hetero) is 1. The van der Waals surface area contributed by atoms with Crippen molar-refractivity contribution in [3.05, 3.63) is 86.5 Å². The number of hydrogen-bond acceptors (Lipinski definition) is 6. The monoisotopic (exact) mass is 539 g/mol. The van der Waals surface area contributed by atoms with Crippen molar-refractivity contribution in [2.24, 2.45) is 0 Å². The molecule has 1 aliphatic rings. The Balaban J connectivity index is 1.74. The fourth-order valence-electron chi connectivity index (χ4n) is 4.13. The summed E-state index contributed by atoms with van der Waals surface area (Å²) in [7, 11) is 3.94. The number of nitrogens with zero attached hydrogens (tertiary/aromatic N) is 3. The van der Waals surface area contributed by atoms with E-state index < -0.39 is 17.7 Å². The highest BCUT2D eigenvalue weighted by molar-refractivity contribution is 9.10. The number of benzene rings is 2. The van der Waals surface area contributed by atoms with Crippen LogP contribution in [0.15, 0.2) is 70.4 Å². The van der Waals surface area contributed by atoms with Crippen molar-refractivity contribution in [1.82, 2.24) is 14.8 Å². The number of ketones is 1. The predicted octanol–water partition coefficient (Wildman–Crippen LogP) is 5.41. The zero-order valence-electron chi connectivity index (χ0n) is 19.3. The van der Waals surface area contributed by atoms with Gasteiger partial charge in [-0.2, -0.15) is 0 Å². The van der Waals surface area contributed by atoms with Crippen LogP contribution in [0.2, 0.25) is 0 Å². The van der Waals surface area contributed by atoms with Gasteiger partial charge in [-0.1, -0.05) is 58.4 Å². The van der Waals surface area contributed by atoms with Crippen molar-refractivity contribution in [3.63, 3.8) is 0 Å². The SMILES string of the molecule is Cc1nc(-c2ccccc2)sc1C(=O)C1=C(O)C(=O)N(CCCN(C)C)C1c1cccc(Br)c1. The van der Waals surface area contributed by atoms with Crippen LogP contribution < -0.4 is 0 Å². The fraction of sp³-hybridized carbons (Fsp3) is 0.269. The molecule has 1 aromatic heterocycles. The maximum atomic E-state index is 13.8. The third kappa shape index (κ3) is 4.85. The summed E-state index contributed by atoms with van der Waals surface area (Å²) in [5.74, 6) is -1.35. The Morgan fingerprint density at radius 3 is 2.59 bits per heavy atom. The molecule has 1 atom stereocenters. The van der Waals surface area contributed by atoms with Gasteiger partial charge in [0.2, 0.25) is 5.78 Å². The molecular formula is C26H26BrN3O3S. The standard InChI is InChI=1S/C26H26BrN3O3S/c1-16-24(34-25(28-16)17-9-5-4-6-10-17)22(31)20-21(18-11-7-12-19(27)15-18)30(26(33)23(20)32)14-8-13-29(2)3/h4-7,9-12,15,21,32H,8,13-14H2,1-3H3. The van der Waals surface area contributed by atoms with Crippen LogP contribution in [-0.2, 0) is 4.79 Å². The first kappa shape index (κ1) is 24.3. The molecule has 0 radical (unpaired) electrons. The van der Waals surface area contributed by atoms with Gasteiger partial charge >= 0.3 is 0 Å². The lowest BCUT2D eigenvalue weighted by Gasteiger charge is -2.27. The summed E-state index contributed by atoms with van der Waals surface area (Å²) in [6.07, 6.45) is 0.718. The highest BCUT2D eigenvalue weighted by atomic mass is 79.9. The molecule has 3 aromatic rings. The minimum Gasteiger partial charge on any atom is -0.503 e. The lowest BCUT2D eigenvalue weighted by Crippen LogP contribution is -2.33. The van der Waals surface area contributed by atoms with Gasteiger partial charge in [-0.25, -0.2) is 4.98 Å². The molecule has 0 fully saturated rings. The molecule has 34 heavy (non-hydrogen) atoms. The quantitative estimate of drug-likeness (QED) is 0.387. The summed E-state index contributed by atoms with van der Waals surface area (Å²) in [5, 5.41) is 11.6. The lowest BCUT2D eigenvalue weighted by molar-refractivity contribution is -0.129. The third-order valence-corrected chi connectivity index (χ3v) is 7.44. The third-order valence-electron chi connectivity index (χ3n) is 5.74. The van der Waals surface area contributed by atoms with Crippen molar-refractivity contribution < 1.29 is 14.7 Å². The molecule has 1 amide bonds. The maximum Gasteiger partial charge on any atom is 0.290 e. The molecule has 0 saturated carbocycles. The van der Waals surface area contributed by atoms with E-state index in [2.05, 4.69) is 20.9 Å². The lowest BCUT2D eigenvalue weighted by atomic mass is 9.95. The molecule has 0 saturated heterocycles. The van der Waals surface area contributed by atoms with Gasteiger partial charge < -0.3 is 14.9 Å². The van der Waals surface area contributed by atoms with Crippen molar-refractivity contribution in [1.29, 1.82) is 0 Å². The number of thiazole rings is 1. The van der Waals surface area contributed by atoms with Crippen LogP contribution in [0.25, 0.3) is 10.6 Å². The number of rotatable bonds is 8. The summed E-state index contributed by atoms with van der Waals surface area (Å²) in [4.78, 5) is 35.6. The van der Waals surface area contributed by atoms with Gasteiger partial charge in [0.05, 0.1) is 22.2 Å². The molecule has 8 heteroatoms. The summed E-state index contributed by atoms with van der Waals surface area (Å²) in [6.45, 7) is 2.99. The van der Waals surface area contributed by atoms with E-state index in [4.69, 9.17) is 0 Å². The predicted molar refractivity (Wildman–Crippen MR) is 138 cm³/mol. The first-order valence-electron chi connectivity index (χ1n) is 11.0. The van der Waals surface area contributed by atoms with Gasteiger partial charge in [0.15, 0.2) is 5.76 Å². The molecule has 176 valence electrons. The molecule has 1 N–H and O–H groups in total. The maximum absolute atomic E-state index is 13.8. The van der Waals surface area contributed by atoms with Crippen molar-refractivity contribution in [2.75, 3.05) is 27.2 Å². The summed E-state index contributed by atoms with van der Waals surface area (Å²) >= 11 is 4.77. The second kappa shape index (κ2) is 10.2. The Labute approximate surface area is 211 Å². The van der Waals surface area contributed by atoms with Crippen molar-refractivity contribution >= 4 is 39.0 Å². The van der Waals surface area contributed by atoms with Crippen molar-refractivity contribution in [2.45, 2.75) is 19.4 Å². The molecule has 2 aromatic carbocycles. The summed E-state index contributed by atoms with van der Waals surface area (Å²) in [6, 6.07) is 16.5. The number of aryl methyl sites for hydroxylation is 1. The zero-order valence-corrected chi connectivity index (χ0v) is 21.7. The number of aliphatic hydroxyl groups excluding tert-OH is 1. The van der Waals surface area contributed by atoms with Gasteiger partial charge in [0.25, 0.3) is 5.91 Å². The van der Waals surface area contributed by atoms with Gasteiger partial charge in [0, 0.05) is 16.6 Å². The molecule has 0 aliphatic carbocycles. The molecule has 0 spiro atoms. The Kier molecular flexibility index (Phi) is 7.30. The smallest absolute Gasteiger partial charge is 0.290 e. The van der Waals surface area contributed by atoms with E-state index in [1.807, 2.05) is 73.6 Å². The van der Waals surface area contributed by atoms with E-state index in [9.17, 15) is 14.7 Å². The molecule has 1 aliphatic heterocycles. The first-order chi connectivity index (χ1) is 16.3. The van der Waals surface area contributed by atoms with Gasteiger partial charge in [-0.15, -0.1) is 11.3 Å². The topological polar surface area (TPSA) is 73.7 Å². The Morgan fingerprint density at radius 1 is 1.18 bits per heavy atom. The number of carbonyl (C=O) groups is 2. The van der Waals surface area contributed by atoms with E-state index in [-0.39, 0.29) is 11.4 Å². The zero-order chi connectivity index (χ0) is 24.4. The number of halogens is 1. The normalized spacial score (nSPS) is 16.1. The number of carbonyl (C=O) groups excluding carboxylic acids is 2. The largest absolute Gasteiger partial charge is 0.503 e. The molecule has 2 heterocycles.